The molecule has 9 nitrogen and oxygen atoms in total. The van der Waals surface area contributed by atoms with Crippen LogP contribution in [0.2, 0.25) is 0 Å². The Morgan fingerprint density at radius 1 is 0.708 bits per heavy atom. The van der Waals surface area contributed by atoms with Crippen molar-refractivity contribution in [1.82, 2.24) is 5.32 Å². The number of aliphatic hydroxyl groups is 2. The summed E-state index contributed by atoms with van der Waals surface area (Å²) in [6.45, 7) is 4.47. The van der Waals surface area contributed by atoms with Crippen LogP contribution < -0.4 is 5.32 Å². The quantitative estimate of drug-likeness (QED) is 0.0234. The molecule has 10 heteroatoms. The predicted molar refractivity (Wildman–Crippen MR) is 200 cm³/mol. The Bertz CT molecular complexity index is 904. The number of phosphoric acid groups is 1. The second-order valence-electron chi connectivity index (χ2n) is 14.1. The molecule has 0 aromatic rings. The molecule has 0 radical (unpaired) electrons. The van der Waals surface area contributed by atoms with Crippen molar-refractivity contribution in [1.29, 1.82) is 0 Å². The number of carbonyl (C=O) groups excluding carboxylic acids is 1. The SMILES string of the molecule is CCCCC/C=C\CCCCCCCC(=O)NC(COP(=O)(O)OCC[N+](C)(C)C)C(O)C(O)CCC/C=C/CC/C=C/CCCCC. The normalized spacial score (nSPS) is 15.8. The summed E-state index contributed by atoms with van der Waals surface area (Å²) in [5, 5.41) is 24.5. The highest BCUT2D eigenvalue weighted by Gasteiger charge is 2.31. The Hall–Kier alpha value is -1.32. The van der Waals surface area contributed by atoms with Crippen molar-refractivity contribution in [3.05, 3.63) is 36.5 Å². The Balaban J connectivity index is 4.73. The fourth-order valence-corrected chi connectivity index (χ4v) is 5.77. The van der Waals surface area contributed by atoms with Gasteiger partial charge >= 0.3 is 7.82 Å². The van der Waals surface area contributed by atoms with Crippen LogP contribution in [0.1, 0.15) is 142 Å². The van der Waals surface area contributed by atoms with Crippen molar-refractivity contribution < 1.29 is 38.0 Å². The van der Waals surface area contributed by atoms with Crippen LogP contribution in [-0.2, 0) is 18.4 Å². The van der Waals surface area contributed by atoms with Gasteiger partial charge in [-0.2, -0.15) is 0 Å². The number of hydrogen-bond acceptors (Lipinski definition) is 6. The van der Waals surface area contributed by atoms with Gasteiger partial charge in [0.15, 0.2) is 0 Å². The highest BCUT2D eigenvalue weighted by molar-refractivity contribution is 7.47. The number of rotatable bonds is 33. The highest BCUT2D eigenvalue weighted by atomic mass is 31.2. The average Bonchev–Trinajstić information content (AvgIpc) is 3.02. The first kappa shape index (κ1) is 46.7. The van der Waals surface area contributed by atoms with Gasteiger partial charge in [-0.3, -0.25) is 13.8 Å². The second-order valence-corrected chi connectivity index (χ2v) is 15.5. The zero-order valence-corrected chi connectivity index (χ0v) is 32.2. The molecule has 0 aromatic carbocycles. The molecule has 0 saturated heterocycles. The molecule has 282 valence electrons. The lowest BCUT2D eigenvalue weighted by Crippen LogP contribution is -2.51. The molecule has 0 heterocycles. The molecule has 0 saturated carbocycles. The van der Waals surface area contributed by atoms with Crippen molar-refractivity contribution in [3.63, 3.8) is 0 Å². The van der Waals surface area contributed by atoms with Gasteiger partial charge in [0.05, 0.1) is 39.9 Å². The number of nitrogens with zero attached hydrogens (tertiary/aromatic N) is 1. The number of hydrogen-bond donors (Lipinski definition) is 4. The van der Waals surface area contributed by atoms with Crippen LogP contribution in [0.25, 0.3) is 0 Å². The molecular weight excluding hydrogens is 627 g/mol. The number of unbranched alkanes of at least 4 members (excludes halogenated alkanes) is 13. The van der Waals surface area contributed by atoms with Crippen LogP contribution in [-0.4, -0.2) is 84.6 Å². The monoisotopic (exact) mass is 702 g/mol. The lowest BCUT2D eigenvalue weighted by molar-refractivity contribution is -0.870. The van der Waals surface area contributed by atoms with Gasteiger partial charge in [0, 0.05) is 6.42 Å². The van der Waals surface area contributed by atoms with Crippen molar-refractivity contribution in [2.24, 2.45) is 0 Å². The fraction of sp³-hybridized carbons (Fsp3) is 0.816. The van der Waals surface area contributed by atoms with Gasteiger partial charge in [0.25, 0.3) is 0 Å². The number of phosphoric ester groups is 1. The highest BCUT2D eigenvalue weighted by Crippen LogP contribution is 2.43. The van der Waals surface area contributed by atoms with E-state index in [0.717, 1.165) is 64.2 Å². The largest absolute Gasteiger partial charge is 0.472 e. The number of amides is 1. The van der Waals surface area contributed by atoms with E-state index in [0.29, 0.717) is 30.3 Å². The summed E-state index contributed by atoms with van der Waals surface area (Å²) in [7, 11) is 1.40. The molecular formula is C38H74N2O7P+. The molecule has 0 rings (SSSR count). The van der Waals surface area contributed by atoms with Gasteiger partial charge in [0.1, 0.15) is 19.3 Å². The van der Waals surface area contributed by atoms with E-state index in [2.05, 4.69) is 55.6 Å². The van der Waals surface area contributed by atoms with Gasteiger partial charge in [-0.25, -0.2) is 4.57 Å². The lowest BCUT2D eigenvalue weighted by atomic mass is 10.0. The van der Waals surface area contributed by atoms with Gasteiger partial charge in [-0.1, -0.05) is 95.2 Å². The first-order valence-electron chi connectivity index (χ1n) is 18.9. The molecule has 4 atom stereocenters. The first-order chi connectivity index (χ1) is 22.9. The third-order valence-corrected chi connectivity index (χ3v) is 9.16. The summed E-state index contributed by atoms with van der Waals surface area (Å²) in [6, 6.07) is -1.06. The Morgan fingerprint density at radius 2 is 1.19 bits per heavy atom. The number of nitrogens with one attached hydrogen (secondary N) is 1. The van der Waals surface area contributed by atoms with Gasteiger partial charge in [0.2, 0.25) is 5.91 Å². The molecule has 4 N–H and O–H groups in total. The van der Waals surface area contributed by atoms with E-state index < -0.39 is 32.7 Å². The summed E-state index contributed by atoms with van der Waals surface area (Å²) in [5.41, 5.74) is 0. The minimum Gasteiger partial charge on any atom is -0.390 e. The Kier molecular flexibility index (Phi) is 29.7. The second kappa shape index (κ2) is 30.5. The maximum absolute atomic E-state index is 12.8. The van der Waals surface area contributed by atoms with Crippen LogP contribution in [0.3, 0.4) is 0 Å². The summed E-state index contributed by atoms with van der Waals surface area (Å²) in [4.78, 5) is 23.0. The molecule has 0 spiro atoms. The van der Waals surface area contributed by atoms with Crippen LogP contribution in [0.5, 0.6) is 0 Å². The minimum atomic E-state index is -4.42. The van der Waals surface area contributed by atoms with Gasteiger partial charge in [-0.05, 0) is 77.0 Å². The Labute approximate surface area is 294 Å². The third kappa shape index (κ3) is 30.7. The van der Waals surface area contributed by atoms with Crippen LogP contribution in [0.15, 0.2) is 36.5 Å². The van der Waals surface area contributed by atoms with E-state index in [4.69, 9.17) is 9.05 Å². The predicted octanol–water partition coefficient (Wildman–Crippen LogP) is 8.54. The van der Waals surface area contributed by atoms with E-state index >= 15 is 0 Å². The molecule has 0 aliphatic rings. The number of aliphatic hydroxyl groups excluding tert-OH is 2. The smallest absolute Gasteiger partial charge is 0.390 e. The maximum atomic E-state index is 12.8. The third-order valence-electron chi connectivity index (χ3n) is 8.18. The molecule has 1 amide bonds. The van der Waals surface area contributed by atoms with Crippen molar-refractivity contribution in [2.75, 3.05) is 40.9 Å². The fourth-order valence-electron chi connectivity index (χ4n) is 5.03. The molecule has 0 aliphatic heterocycles. The van der Waals surface area contributed by atoms with E-state index in [-0.39, 0.29) is 18.9 Å². The minimum absolute atomic E-state index is 0.0114. The average molecular weight is 702 g/mol. The molecule has 0 fully saturated rings. The van der Waals surface area contributed by atoms with E-state index in [1.807, 2.05) is 21.1 Å². The molecule has 0 bridgehead atoms. The maximum Gasteiger partial charge on any atom is 0.472 e. The summed E-state index contributed by atoms with van der Waals surface area (Å²) >= 11 is 0. The summed E-state index contributed by atoms with van der Waals surface area (Å²) in [5.74, 6) is -0.286. The molecule has 0 aromatic heterocycles. The number of likely N-dealkylation sites (N-methyl/N-ethyl adjacent to an activating group) is 1. The van der Waals surface area contributed by atoms with Crippen LogP contribution in [0.4, 0.5) is 0 Å². The zero-order chi connectivity index (χ0) is 35.9. The summed E-state index contributed by atoms with van der Waals surface area (Å²) < 4.78 is 23.3. The number of carbonyl (C=O) groups is 1. The number of quaternary nitrogens is 1. The van der Waals surface area contributed by atoms with Crippen molar-refractivity contribution >= 4 is 13.7 Å². The van der Waals surface area contributed by atoms with Crippen LogP contribution >= 0.6 is 7.82 Å². The Morgan fingerprint density at radius 3 is 1.73 bits per heavy atom. The first-order valence-corrected chi connectivity index (χ1v) is 20.4. The standard InChI is InChI=1S/C38H73N2O7P/c1-6-8-10-12-14-16-18-20-22-24-26-28-30-36(41)38(43)35(34-47-48(44,45)46-33-32-40(3,4)5)39-37(42)31-29-27-25-23-21-19-17-15-13-11-9-7-2/h14-17,22,24,35-36,38,41,43H,6-13,18-21,23,25-34H2,1-5H3,(H-,39,42,44,45)/p+1/b16-14+,17-15-,24-22+. The van der Waals surface area contributed by atoms with Gasteiger partial charge in [-0.15, -0.1) is 0 Å². The molecule has 48 heavy (non-hydrogen) atoms. The number of allylic oxidation sites excluding steroid dienone is 6. The van der Waals surface area contributed by atoms with E-state index in [1.54, 1.807) is 0 Å². The summed E-state index contributed by atoms with van der Waals surface area (Å²) in [6.07, 6.45) is 30.7. The van der Waals surface area contributed by atoms with E-state index in [1.165, 1.54) is 38.5 Å². The zero-order valence-electron chi connectivity index (χ0n) is 31.3. The van der Waals surface area contributed by atoms with E-state index in [9.17, 15) is 24.5 Å². The van der Waals surface area contributed by atoms with Crippen LogP contribution in [0, 0.1) is 0 Å². The van der Waals surface area contributed by atoms with Crippen molar-refractivity contribution in [3.8, 4) is 0 Å². The lowest BCUT2D eigenvalue weighted by Gasteiger charge is -2.28. The molecule has 0 aliphatic carbocycles. The van der Waals surface area contributed by atoms with Crippen molar-refractivity contribution in [2.45, 2.75) is 161 Å². The van der Waals surface area contributed by atoms with Gasteiger partial charge < -0.3 is 24.9 Å². The topological polar surface area (TPSA) is 125 Å². The molecule has 4 unspecified atom stereocenters.